The monoisotopic (exact) mass is 255 g/mol. The van der Waals surface area contributed by atoms with Crippen molar-refractivity contribution in [1.29, 1.82) is 0 Å². The van der Waals surface area contributed by atoms with Gasteiger partial charge in [0.15, 0.2) is 0 Å². The second kappa shape index (κ2) is 4.53. The molecule has 0 amide bonds. The molecule has 1 aromatic carbocycles. The first-order valence-electron chi connectivity index (χ1n) is 5.43. The van der Waals surface area contributed by atoms with Crippen LogP contribution in [0.3, 0.4) is 0 Å². The number of hydrogen-bond donors (Lipinski definition) is 1. The van der Waals surface area contributed by atoms with E-state index in [4.69, 9.17) is 0 Å². The van der Waals surface area contributed by atoms with Crippen molar-refractivity contribution in [3.63, 3.8) is 0 Å². The Balaban J connectivity index is 2.53. The van der Waals surface area contributed by atoms with Crippen molar-refractivity contribution in [3.8, 4) is 0 Å². The first-order valence-corrected chi connectivity index (χ1v) is 5.43. The fourth-order valence-electron chi connectivity index (χ4n) is 1.55. The first kappa shape index (κ1) is 12.8. The zero-order valence-corrected chi connectivity index (χ0v) is 9.92. The van der Waals surface area contributed by atoms with Crippen LogP contribution in [-0.4, -0.2) is 17.0 Å². The molecule has 0 aliphatic rings. The predicted octanol–water partition coefficient (Wildman–Crippen LogP) is 2.93. The Kier molecular flexibility index (Phi) is 3.21. The molecule has 2 aromatic rings. The molecule has 0 aliphatic heterocycles. The zero-order chi connectivity index (χ0) is 13.3. The van der Waals surface area contributed by atoms with Crippen LogP contribution in [0.2, 0.25) is 0 Å². The third kappa shape index (κ3) is 2.43. The number of nitrogens with zero attached hydrogens (tertiary/aromatic N) is 2. The maximum Gasteiger partial charge on any atom is 0.416 e. The largest absolute Gasteiger partial charge is 0.416 e. The Morgan fingerprint density at radius 3 is 2.61 bits per heavy atom. The summed E-state index contributed by atoms with van der Waals surface area (Å²) in [5, 5.41) is 3.54. The van der Waals surface area contributed by atoms with Crippen molar-refractivity contribution in [2.24, 2.45) is 0 Å². The van der Waals surface area contributed by atoms with Crippen molar-refractivity contribution >= 4 is 10.9 Å². The molecule has 18 heavy (non-hydrogen) atoms. The van der Waals surface area contributed by atoms with E-state index in [1.165, 1.54) is 12.3 Å². The summed E-state index contributed by atoms with van der Waals surface area (Å²) in [6.45, 7) is 1.84. The molecule has 1 aromatic heterocycles. The minimum atomic E-state index is -4.35. The van der Waals surface area contributed by atoms with E-state index < -0.39 is 11.7 Å². The highest BCUT2D eigenvalue weighted by molar-refractivity contribution is 5.78. The van der Waals surface area contributed by atoms with E-state index in [9.17, 15) is 13.2 Å². The number of hydrogen-bond acceptors (Lipinski definition) is 3. The summed E-state index contributed by atoms with van der Waals surface area (Å²) in [5.41, 5.74) is -0.395. The summed E-state index contributed by atoms with van der Waals surface area (Å²) in [6.07, 6.45) is -2.82. The van der Waals surface area contributed by atoms with Gasteiger partial charge in [-0.25, -0.2) is 9.97 Å². The molecule has 3 nitrogen and oxygen atoms in total. The van der Waals surface area contributed by atoms with Crippen LogP contribution in [0.4, 0.5) is 13.2 Å². The highest BCUT2D eigenvalue weighted by Gasteiger charge is 2.30. The van der Waals surface area contributed by atoms with Crippen LogP contribution in [0.25, 0.3) is 10.9 Å². The molecule has 0 bridgehead atoms. The molecule has 0 saturated carbocycles. The van der Waals surface area contributed by atoms with Crippen molar-refractivity contribution in [2.45, 2.75) is 19.1 Å². The normalized spacial score (nSPS) is 13.8. The summed E-state index contributed by atoms with van der Waals surface area (Å²) >= 11 is 0. The van der Waals surface area contributed by atoms with Crippen molar-refractivity contribution < 1.29 is 13.2 Å². The minimum absolute atomic E-state index is 0.107. The number of fused-ring (bicyclic) bond motifs is 1. The van der Waals surface area contributed by atoms with Gasteiger partial charge in [0.25, 0.3) is 0 Å². The highest BCUT2D eigenvalue weighted by atomic mass is 19.4. The Morgan fingerprint density at radius 1 is 1.28 bits per heavy atom. The summed E-state index contributed by atoms with van der Waals surface area (Å²) in [7, 11) is 1.74. The van der Waals surface area contributed by atoms with E-state index in [2.05, 4.69) is 15.3 Å². The number of aromatic nitrogens is 2. The molecular weight excluding hydrogens is 243 g/mol. The second-order valence-electron chi connectivity index (χ2n) is 4.01. The van der Waals surface area contributed by atoms with E-state index >= 15 is 0 Å². The molecule has 0 fully saturated rings. The highest BCUT2D eigenvalue weighted by Crippen LogP contribution is 2.30. The number of alkyl halides is 3. The molecule has 1 heterocycles. The smallest absolute Gasteiger partial charge is 0.311 e. The van der Waals surface area contributed by atoms with E-state index in [0.29, 0.717) is 16.7 Å². The number of halogens is 3. The first-order chi connectivity index (χ1) is 8.41. The van der Waals surface area contributed by atoms with Gasteiger partial charge >= 0.3 is 6.18 Å². The summed E-state index contributed by atoms with van der Waals surface area (Å²) < 4.78 is 37.8. The molecule has 0 spiro atoms. The van der Waals surface area contributed by atoms with Crippen LogP contribution in [0.1, 0.15) is 24.4 Å². The molecule has 1 unspecified atom stereocenters. The van der Waals surface area contributed by atoms with Crippen molar-refractivity contribution in [3.05, 3.63) is 35.8 Å². The third-order valence-corrected chi connectivity index (χ3v) is 2.75. The zero-order valence-electron chi connectivity index (χ0n) is 9.92. The molecule has 0 aliphatic carbocycles. The maximum atomic E-state index is 12.6. The lowest BCUT2D eigenvalue weighted by Crippen LogP contribution is -2.15. The molecule has 1 atom stereocenters. The molecule has 0 radical (unpaired) electrons. The van der Waals surface area contributed by atoms with E-state index in [0.717, 1.165) is 12.1 Å². The van der Waals surface area contributed by atoms with Crippen LogP contribution in [0.15, 0.2) is 24.4 Å². The average Bonchev–Trinajstić information content (AvgIpc) is 2.35. The quantitative estimate of drug-likeness (QED) is 0.896. The molecule has 2 rings (SSSR count). The fraction of sp³-hybridized carbons (Fsp3) is 0.333. The van der Waals surface area contributed by atoms with Crippen molar-refractivity contribution in [2.75, 3.05) is 7.05 Å². The second-order valence-corrected chi connectivity index (χ2v) is 4.01. The van der Waals surface area contributed by atoms with Gasteiger partial charge in [-0.1, -0.05) is 6.07 Å². The summed E-state index contributed by atoms with van der Waals surface area (Å²) in [5.74, 6) is 0.476. The molecule has 0 saturated heterocycles. The summed E-state index contributed by atoms with van der Waals surface area (Å²) in [4.78, 5) is 8.26. The Hall–Kier alpha value is -1.69. The molecule has 96 valence electrons. The number of rotatable bonds is 2. The van der Waals surface area contributed by atoms with Gasteiger partial charge < -0.3 is 5.32 Å². The summed E-state index contributed by atoms with van der Waals surface area (Å²) in [6, 6.07) is 3.35. The van der Waals surface area contributed by atoms with Gasteiger partial charge in [-0.05, 0) is 26.1 Å². The maximum absolute atomic E-state index is 12.6. The van der Waals surface area contributed by atoms with Gasteiger partial charge in [0.2, 0.25) is 0 Å². The number of nitrogens with one attached hydrogen (secondary N) is 1. The lowest BCUT2D eigenvalue weighted by Gasteiger charge is -2.10. The van der Waals surface area contributed by atoms with E-state index in [-0.39, 0.29) is 6.04 Å². The van der Waals surface area contributed by atoms with E-state index in [1.807, 2.05) is 6.92 Å². The lowest BCUT2D eigenvalue weighted by molar-refractivity contribution is -0.137. The Labute approximate surface area is 102 Å². The third-order valence-electron chi connectivity index (χ3n) is 2.75. The lowest BCUT2D eigenvalue weighted by atomic mass is 10.1. The van der Waals surface area contributed by atoms with Gasteiger partial charge in [-0.3, -0.25) is 0 Å². The predicted molar refractivity (Wildman–Crippen MR) is 62.0 cm³/mol. The van der Waals surface area contributed by atoms with E-state index in [1.54, 1.807) is 7.05 Å². The minimum Gasteiger partial charge on any atom is -0.311 e. The van der Waals surface area contributed by atoms with Crippen molar-refractivity contribution in [1.82, 2.24) is 15.3 Å². The topological polar surface area (TPSA) is 37.8 Å². The fourth-order valence-corrected chi connectivity index (χ4v) is 1.55. The van der Waals surface area contributed by atoms with Crippen LogP contribution in [-0.2, 0) is 6.18 Å². The van der Waals surface area contributed by atoms with Crippen LogP contribution >= 0.6 is 0 Å². The SMILES string of the molecule is CNC(C)c1ncc2ccc(C(F)(F)F)cc2n1. The van der Waals surface area contributed by atoms with Crippen LogP contribution in [0, 0.1) is 0 Å². The molecule has 6 heteroatoms. The molecular formula is C12H12F3N3. The van der Waals surface area contributed by atoms with Gasteiger partial charge in [-0.15, -0.1) is 0 Å². The number of benzene rings is 1. The van der Waals surface area contributed by atoms with Gasteiger partial charge in [0.1, 0.15) is 5.82 Å². The standard InChI is InChI=1S/C12H12F3N3/c1-7(16-2)11-17-6-8-3-4-9(12(13,14)15)5-10(8)18-11/h3-7,16H,1-2H3. The van der Waals surface area contributed by atoms with Crippen LogP contribution in [0.5, 0.6) is 0 Å². The Morgan fingerprint density at radius 2 is 2.00 bits per heavy atom. The average molecular weight is 255 g/mol. The van der Waals surface area contributed by atoms with Gasteiger partial charge in [0.05, 0.1) is 17.1 Å². The van der Waals surface area contributed by atoms with Gasteiger partial charge in [-0.2, -0.15) is 13.2 Å². The van der Waals surface area contributed by atoms with Crippen LogP contribution < -0.4 is 5.32 Å². The molecule has 1 N–H and O–H groups in total. The Bertz CT molecular complexity index is 566. The van der Waals surface area contributed by atoms with Gasteiger partial charge in [0, 0.05) is 11.6 Å².